The van der Waals surface area contributed by atoms with E-state index >= 15 is 0 Å². The number of primary amides is 1. The van der Waals surface area contributed by atoms with Crippen molar-refractivity contribution in [2.45, 2.75) is 6.42 Å². The van der Waals surface area contributed by atoms with Gasteiger partial charge in [0.15, 0.2) is 0 Å². The van der Waals surface area contributed by atoms with E-state index < -0.39 is 5.91 Å². The molecule has 1 aliphatic heterocycles. The van der Waals surface area contributed by atoms with Crippen molar-refractivity contribution in [3.8, 4) is 22.5 Å². The molecule has 1 aliphatic carbocycles. The number of nitrogens with two attached hydrogens (primary N) is 1. The van der Waals surface area contributed by atoms with Crippen molar-refractivity contribution in [3.63, 3.8) is 0 Å². The molecule has 0 saturated carbocycles. The topological polar surface area (TPSA) is 103 Å². The Morgan fingerprint density at radius 2 is 1.88 bits per heavy atom. The SMILES string of the molecule is Cn1ncc2ccc(-c3cc(C(N)=O)c4c(n3)-c3ccc(C(=O)N5CCOCC5)cc3C4)cc21. The molecule has 3 heterocycles. The number of carbonyl (C=O) groups excluding carboxylic acids is 2. The highest BCUT2D eigenvalue weighted by Crippen LogP contribution is 2.39. The molecular weight excluding hydrogens is 430 g/mol. The Kier molecular flexibility index (Phi) is 4.70. The van der Waals surface area contributed by atoms with Crippen LogP contribution in [-0.2, 0) is 18.2 Å². The number of aryl methyl sites for hydroxylation is 1. The summed E-state index contributed by atoms with van der Waals surface area (Å²) in [6, 6.07) is 13.4. The summed E-state index contributed by atoms with van der Waals surface area (Å²) in [7, 11) is 1.89. The molecule has 2 aromatic carbocycles. The van der Waals surface area contributed by atoms with Gasteiger partial charge in [0.05, 0.1) is 36.3 Å². The lowest BCUT2D eigenvalue weighted by molar-refractivity contribution is 0.0303. The highest BCUT2D eigenvalue weighted by molar-refractivity contribution is 6.00. The molecule has 0 bridgehead atoms. The maximum Gasteiger partial charge on any atom is 0.254 e. The second kappa shape index (κ2) is 7.78. The largest absolute Gasteiger partial charge is 0.378 e. The molecule has 2 N–H and O–H groups in total. The van der Waals surface area contributed by atoms with Gasteiger partial charge in [-0.3, -0.25) is 14.3 Å². The maximum atomic E-state index is 13.0. The molecule has 0 atom stereocenters. The van der Waals surface area contributed by atoms with Gasteiger partial charge in [0.25, 0.3) is 5.91 Å². The molecule has 170 valence electrons. The highest BCUT2D eigenvalue weighted by Gasteiger charge is 2.28. The van der Waals surface area contributed by atoms with Crippen molar-refractivity contribution < 1.29 is 14.3 Å². The van der Waals surface area contributed by atoms with Gasteiger partial charge in [-0.25, -0.2) is 4.98 Å². The minimum Gasteiger partial charge on any atom is -0.378 e. The van der Waals surface area contributed by atoms with E-state index in [9.17, 15) is 9.59 Å². The Bertz CT molecular complexity index is 1480. The fourth-order valence-corrected chi connectivity index (χ4v) is 4.89. The first-order valence-electron chi connectivity index (χ1n) is 11.3. The maximum absolute atomic E-state index is 13.0. The molecule has 1 fully saturated rings. The molecule has 34 heavy (non-hydrogen) atoms. The molecule has 6 rings (SSSR count). The Labute approximate surface area is 195 Å². The summed E-state index contributed by atoms with van der Waals surface area (Å²) in [6.07, 6.45) is 2.33. The summed E-state index contributed by atoms with van der Waals surface area (Å²) in [4.78, 5) is 32.1. The highest BCUT2D eigenvalue weighted by atomic mass is 16.5. The smallest absolute Gasteiger partial charge is 0.254 e. The van der Waals surface area contributed by atoms with Crippen molar-refractivity contribution in [2.75, 3.05) is 26.3 Å². The van der Waals surface area contributed by atoms with Crippen LogP contribution in [0.3, 0.4) is 0 Å². The van der Waals surface area contributed by atoms with Gasteiger partial charge in [0.1, 0.15) is 0 Å². The third-order valence-electron chi connectivity index (χ3n) is 6.71. The molecule has 0 spiro atoms. The number of benzene rings is 2. The zero-order chi connectivity index (χ0) is 23.4. The Morgan fingerprint density at radius 1 is 1.06 bits per heavy atom. The first kappa shape index (κ1) is 20.6. The molecule has 8 nitrogen and oxygen atoms in total. The van der Waals surface area contributed by atoms with Crippen molar-refractivity contribution in [3.05, 3.63) is 70.9 Å². The fraction of sp³-hybridized carbons (Fsp3) is 0.231. The number of nitrogens with zero attached hydrogens (tertiary/aromatic N) is 4. The van der Waals surface area contributed by atoms with Gasteiger partial charge in [-0.05, 0) is 35.4 Å². The summed E-state index contributed by atoms with van der Waals surface area (Å²) in [5.41, 5.74) is 12.9. The summed E-state index contributed by atoms with van der Waals surface area (Å²) >= 11 is 0. The predicted molar refractivity (Wildman–Crippen MR) is 127 cm³/mol. The van der Waals surface area contributed by atoms with Crippen LogP contribution < -0.4 is 5.73 Å². The summed E-state index contributed by atoms with van der Waals surface area (Å²) in [5.74, 6) is -0.491. The number of hydrogen-bond donors (Lipinski definition) is 1. The molecule has 1 saturated heterocycles. The first-order chi connectivity index (χ1) is 16.5. The molecular formula is C26H23N5O3. The number of rotatable bonds is 3. The Morgan fingerprint density at radius 3 is 2.68 bits per heavy atom. The number of amides is 2. The van der Waals surface area contributed by atoms with E-state index in [-0.39, 0.29) is 5.91 Å². The van der Waals surface area contributed by atoms with Crippen LogP contribution in [0.15, 0.2) is 48.7 Å². The Hall–Kier alpha value is -4.04. The van der Waals surface area contributed by atoms with Crippen LogP contribution >= 0.6 is 0 Å². The van der Waals surface area contributed by atoms with E-state index in [1.165, 1.54) is 0 Å². The number of morpholine rings is 1. The number of hydrogen-bond acceptors (Lipinski definition) is 5. The molecule has 2 aliphatic rings. The van der Waals surface area contributed by atoms with Gasteiger partial charge in [-0.15, -0.1) is 0 Å². The monoisotopic (exact) mass is 453 g/mol. The quantitative estimate of drug-likeness (QED) is 0.452. The van der Waals surface area contributed by atoms with E-state index in [0.29, 0.717) is 49.5 Å². The second-order valence-corrected chi connectivity index (χ2v) is 8.74. The van der Waals surface area contributed by atoms with Crippen LogP contribution in [0, 0.1) is 0 Å². The number of pyridine rings is 1. The van der Waals surface area contributed by atoms with Crippen LogP contribution in [0.1, 0.15) is 31.8 Å². The van der Waals surface area contributed by atoms with Gasteiger partial charge in [-0.1, -0.05) is 18.2 Å². The summed E-state index contributed by atoms with van der Waals surface area (Å²) in [6.45, 7) is 2.30. The van der Waals surface area contributed by atoms with Gasteiger partial charge in [-0.2, -0.15) is 5.10 Å². The van der Waals surface area contributed by atoms with Gasteiger partial charge in [0, 0.05) is 54.2 Å². The summed E-state index contributed by atoms with van der Waals surface area (Å²) in [5, 5.41) is 5.34. The number of ether oxygens (including phenoxy) is 1. The molecule has 2 aromatic heterocycles. The first-order valence-corrected chi connectivity index (χ1v) is 11.3. The Balaban J connectivity index is 1.43. The van der Waals surface area contributed by atoms with E-state index in [1.54, 1.807) is 6.07 Å². The third-order valence-corrected chi connectivity index (χ3v) is 6.71. The molecule has 0 radical (unpaired) electrons. The number of aromatic nitrogens is 3. The van der Waals surface area contributed by atoms with Gasteiger partial charge < -0.3 is 15.4 Å². The fourth-order valence-electron chi connectivity index (χ4n) is 4.89. The van der Waals surface area contributed by atoms with E-state index in [0.717, 1.165) is 38.9 Å². The van der Waals surface area contributed by atoms with Crippen LogP contribution in [-0.4, -0.2) is 57.8 Å². The van der Waals surface area contributed by atoms with E-state index in [1.807, 2.05) is 59.2 Å². The average Bonchev–Trinajstić information content (AvgIpc) is 3.42. The van der Waals surface area contributed by atoms with Crippen LogP contribution in [0.25, 0.3) is 33.4 Å². The van der Waals surface area contributed by atoms with E-state index in [4.69, 9.17) is 15.5 Å². The molecule has 8 heteroatoms. The third kappa shape index (κ3) is 3.26. The minimum absolute atomic E-state index is 0.00434. The van der Waals surface area contributed by atoms with Crippen LogP contribution in [0.5, 0.6) is 0 Å². The predicted octanol–water partition coefficient (Wildman–Crippen LogP) is 2.78. The number of carbonyl (C=O) groups is 2. The van der Waals surface area contributed by atoms with Crippen molar-refractivity contribution >= 4 is 22.7 Å². The molecule has 2 amide bonds. The standard InChI is InChI=1S/C26H23N5O3/c1-30-23-12-15(2-3-17(23)14-28-30)22-13-21(25(27)32)20-11-18-10-16(4-5-19(18)24(20)29-22)26(33)31-6-8-34-9-7-31/h2-5,10,12-14H,6-9,11H2,1H3,(H2,27,32). The van der Waals surface area contributed by atoms with Gasteiger partial charge in [0.2, 0.25) is 5.91 Å². The van der Waals surface area contributed by atoms with E-state index in [2.05, 4.69) is 5.10 Å². The van der Waals surface area contributed by atoms with Crippen molar-refractivity contribution in [1.82, 2.24) is 19.7 Å². The van der Waals surface area contributed by atoms with Crippen LogP contribution in [0.2, 0.25) is 0 Å². The molecule has 4 aromatic rings. The lowest BCUT2D eigenvalue weighted by Gasteiger charge is -2.27. The second-order valence-electron chi connectivity index (χ2n) is 8.74. The normalized spacial score (nSPS) is 14.8. The van der Waals surface area contributed by atoms with Gasteiger partial charge >= 0.3 is 0 Å². The van der Waals surface area contributed by atoms with Crippen molar-refractivity contribution in [1.29, 1.82) is 0 Å². The van der Waals surface area contributed by atoms with Crippen molar-refractivity contribution in [2.24, 2.45) is 12.8 Å². The zero-order valence-electron chi connectivity index (χ0n) is 18.7. The lowest BCUT2D eigenvalue weighted by atomic mass is 10.0. The summed E-state index contributed by atoms with van der Waals surface area (Å²) < 4.78 is 7.17. The zero-order valence-corrected chi connectivity index (χ0v) is 18.7. The van der Waals surface area contributed by atoms with Crippen LogP contribution in [0.4, 0.5) is 0 Å². The lowest BCUT2D eigenvalue weighted by Crippen LogP contribution is -2.40. The molecule has 0 unspecified atom stereocenters. The number of fused-ring (bicyclic) bond motifs is 4. The average molecular weight is 454 g/mol. The minimum atomic E-state index is -0.487.